The molecule has 0 aliphatic heterocycles. The molecule has 0 bridgehead atoms. The number of nitrogens with two attached hydrogens (primary N) is 1. The molecule has 0 atom stereocenters. The minimum absolute atomic E-state index is 0.308. The van der Waals surface area contributed by atoms with Crippen molar-refractivity contribution in [2.75, 3.05) is 20.3 Å². The van der Waals surface area contributed by atoms with Crippen LogP contribution in [-0.2, 0) is 13.0 Å². The van der Waals surface area contributed by atoms with Crippen LogP contribution in [0.25, 0.3) is 0 Å². The first-order valence-electron chi connectivity index (χ1n) is 7.42. The Labute approximate surface area is 132 Å². The van der Waals surface area contributed by atoms with E-state index in [0.717, 1.165) is 31.0 Å². The lowest BCUT2D eigenvalue weighted by Gasteiger charge is -2.09. The van der Waals surface area contributed by atoms with Crippen molar-refractivity contribution < 1.29 is 14.8 Å². The van der Waals surface area contributed by atoms with Crippen molar-refractivity contribution in [1.82, 2.24) is 0 Å². The number of ether oxygens (including phenoxy) is 2. The van der Waals surface area contributed by atoms with E-state index in [9.17, 15) is 0 Å². The Morgan fingerprint density at radius 2 is 1.86 bits per heavy atom. The highest BCUT2D eigenvalue weighted by atomic mass is 16.5. The molecule has 0 aromatic heterocycles. The number of methoxy groups -OCH3 is 1. The van der Waals surface area contributed by atoms with Crippen LogP contribution in [0, 0.1) is 12.3 Å². The van der Waals surface area contributed by atoms with Crippen LogP contribution in [0.4, 0.5) is 0 Å². The minimum atomic E-state index is 0.308. The average molecular weight is 296 g/mol. The van der Waals surface area contributed by atoms with Crippen LogP contribution < -0.4 is 14.8 Å². The van der Waals surface area contributed by atoms with Crippen molar-refractivity contribution in [1.29, 1.82) is 0 Å². The van der Waals surface area contributed by atoms with Crippen LogP contribution >= 0.6 is 0 Å². The quantitative estimate of drug-likeness (QED) is 0.597. The van der Waals surface area contributed by atoms with Crippen molar-refractivity contribution in [3.8, 4) is 23.8 Å². The van der Waals surface area contributed by atoms with Gasteiger partial charge in [-0.25, -0.2) is 0 Å². The summed E-state index contributed by atoms with van der Waals surface area (Å²) < 4.78 is 10.7. The number of para-hydroxylation sites is 1. The van der Waals surface area contributed by atoms with E-state index in [2.05, 4.69) is 29.4 Å². The third kappa shape index (κ3) is 4.83. The number of hydrogen-bond donors (Lipinski definition) is 1. The van der Waals surface area contributed by atoms with Crippen LogP contribution in [0.3, 0.4) is 0 Å². The lowest BCUT2D eigenvalue weighted by atomic mass is 10.1. The van der Waals surface area contributed by atoms with E-state index in [-0.39, 0.29) is 0 Å². The summed E-state index contributed by atoms with van der Waals surface area (Å²) >= 11 is 0. The summed E-state index contributed by atoms with van der Waals surface area (Å²) in [6.45, 7) is 2.22. The van der Waals surface area contributed by atoms with Crippen molar-refractivity contribution in [2.24, 2.45) is 0 Å². The number of quaternary nitrogens is 1. The molecule has 0 aliphatic carbocycles. The fraction of sp³-hybridized carbons (Fsp3) is 0.263. The topological polar surface area (TPSA) is 35.1 Å². The molecule has 0 radical (unpaired) electrons. The molecule has 0 saturated carbocycles. The molecular formula is C19H22NO2+. The zero-order valence-electron chi connectivity index (χ0n) is 12.9. The molecule has 22 heavy (non-hydrogen) atoms. The Balaban J connectivity index is 1.79. The molecule has 2 aromatic rings. The SMILES string of the molecule is C#CCOc1ccccc1C[NH2+]CCc1ccc(OC)cc1. The monoisotopic (exact) mass is 296 g/mol. The van der Waals surface area contributed by atoms with E-state index in [1.165, 1.54) is 11.1 Å². The molecule has 2 N–H and O–H groups in total. The molecule has 0 amide bonds. The summed E-state index contributed by atoms with van der Waals surface area (Å²) in [5.74, 6) is 4.27. The Bertz CT molecular complexity index is 614. The molecule has 114 valence electrons. The fourth-order valence-corrected chi connectivity index (χ4v) is 2.25. The maximum atomic E-state index is 5.56. The second-order valence-corrected chi connectivity index (χ2v) is 4.98. The Kier molecular flexibility index (Phi) is 6.35. The highest BCUT2D eigenvalue weighted by Gasteiger charge is 2.04. The zero-order chi connectivity index (χ0) is 15.6. The third-order valence-electron chi connectivity index (χ3n) is 3.44. The third-order valence-corrected chi connectivity index (χ3v) is 3.44. The van der Waals surface area contributed by atoms with Gasteiger partial charge in [-0.05, 0) is 29.8 Å². The normalized spacial score (nSPS) is 10.0. The molecule has 0 fully saturated rings. The van der Waals surface area contributed by atoms with E-state index >= 15 is 0 Å². The molecule has 0 spiro atoms. The van der Waals surface area contributed by atoms with Gasteiger partial charge in [-0.1, -0.05) is 30.2 Å². The number of benzene rings is 2. The van der Waals surface area contributed by atoms with Gasteiger partial charge in [0.2, 0.25) is 0 Å². The van der Waals surface area contributed by atoms with Crippen LogP contribution in [0.5, 0.6) is 11.5 Å². The Hall–Kier alpha value is -2.44. The molecule has 0 heterocycles. The van der Waals surface area contributed by atoms with E-state index < -0.39 is 0 Å². The Morgan fingerprint density at radius 3 is 2.59 bits per heavy atom. The summed E-state index contributed by atoms with van der Waals surface area (Å²) in [6, 6.07) is 16.2. The van der Waals surface area contributed by atoms with Gasteiger partial charge in [0.05, 0.1) is 13.7 Å². The maximum Gasteiger partial charge on any atom is 0.148 e. The first-order valence-corrected chi connectivity index (χ1v) is 7.42. The first kappa shape index (κ1) is 15.9. The summed E-state index contributed by atoms with van der Waals surface area (Å²) in [4.78, 5) is 0. The molecule has 0 aliphatic rings. The van der Waals surface area contributed by atoms with Gasteiger partial charge in [0.25, 0.3) is 0 Å². The van der Waals surface area contributed by atoms with Crippen molar-refractivity contribution in [3.63, 3.8) is 0 Å². The van der Waals surface area contributed by atoms with Gasteiger partial charge >= 0.3 is 0 Å². The van der Waals surface area contributed by atoms with Gasteiger partial charge in [-0.3, -0.25) is 0 Å². The first-order chi connectivity index (χ1) is 10.8. The van der Waals surface area contributed by atoms with Gasteiger partial charge in [0, 0.05) is 12.0 Å². The van der Waals surface area contributed by atoms with Gasteiger partial charge in [-0.15, -0.1) is 6.42 Å². The van der Waals surface area contributed by atoms with Crippen LogP contribution in [0.2, 0.25) is 0 Å². The summed E-state index contributed by atoms with van der Waals surface area (Å²) in [5.41, 5.74) is 2.49. The second kappa shape index (κ2) is 8.76. The highest BCUT2D eigenvalue weighted by Crippen LogP contribution is 2.16. The molecule has 3 heteroatoms. The second-order valence-electron chi connectivity index (χ2n) is 4.98. The minimum Gasteiger partial charge on any atom is -0.497 e. The van der Waals surface area contributed by atoms with Gasteiger partial charge < -0.3 is 14.8 Å². The lowest BCUT2D eigenvalue weighted by Crippen LogP contribution is -2.83. The van der Waals surface area contributed by atoms with E-state index in [4.69, 9.17) is 15.9 Å². The largest absolute Gasteiger partial charge is 0.497 e. The Morgan fingerprint density at radius 1 is 1.09 bits per heavy atom. The highest BCUT2D eigenvalue weighted by molar-refractivity contribution is 5.32. The van der Waals surface area contributed by atoms with Crippen LogP contribution in [0.15, 0.2) is 48.5 Å². The smallest absolute Gasteiger partial charge is 0.148 e. The van der Waals surface area contributed by atoms with Crippen LogP contribution in [0.1, 0.15) is 11.1 Å². The number of hydrogen-bond acceptors (Lipinski definition) is 2. The van der Waals surface area contributed by atoms with E-state index in [1.807, 2.05) is 30.3 Å². The van der Waals surface area contributed by atoms with Crippen molar-refractivity contribution in [3.05, 3.63) is 59.7 Å². The van der Waals surface area contributed by atoms with Gasteiger partial charge in [-0.2, -0.15) is 0 Å². The molecule has 3 nitrogen and oxygen atoms in total. The predicted octanol–water partition coefficient (Wildman–Crippen LogP) is 2.01. The van der Waals surface area contributed by atoms with Crippen LogP contribution in [-0.4, -0.2) is 20.3 Å². The summed E-state index contributed by atoms with van der Waals surface area (Å²) in [5, 5.41) is 2.28. The number of rotatable bonds is 8. The standard InChI is InChI=1S/C19H21NO2/c1-3-14-22-19-7-5-4-6-17(19)15-20-13-12-16-8-10-18(21-2)11-9-16/h1,4-11,20H,12-15H2,2H3/p+1. The van der Waals surface area contributed by atoms with Crippen molar-refractivity contribution >= 4 is 0 Å². The predicted molar refractivity (Wildman–Crippen MR) is 88.0 cm³/mol. The lowest BCUT2D eigenvalue weighted by molar-refractivity contribution is -0.670. The van der Waals surface area contributed by atoms with E-state index in [1.54, 1.807) is 7.11 Å². The maximum absolute atomic E-state index is 5.56. The molecule has 2 aromatic carbocycles. The molecule has 0 unspecified atom stereocenters. The molecule has 0 saturated heterocycles. The number of terminal acetylenes is 1. The van der Waals surface area contributed by atoms with E-state index in [0.29, 0.717) is 6.61 Å². The molecular weight excluding hydrogens is 274 g/mol. The van der Waals surface area contributed by atoms with Gasteiger partial charge in [0.1, 0.15) is 24.7 Å². The zero-order valence-corrected chi connectivity index (χ0v) is 12.9. The average Bonchev–Trinajstić information content (AvgIpc) is 2.58. The summed E-state index contributed by atoms with van der Waals surface area (Å²) in [6.07, 6.45) is 6.27. The van der Waals surface area contributed by atoms with Gasteiger partial charge in [0.15, 0.2) is 0 Å². The summed E-state index contributed by atoms with van der Waals surface area (Å²) in [7, 11) is 1.68. The molecule has 2 rings (SSSR count). The fourth-order valence-electron chi connectivity index (χ4n) is 2.25. The van der Waals surface area contributed by atoms with Crippen molar-refractivity contribution in [2.45, 2.75) is 13.0 Å².